The van der Waals surface area contributed by atoms with Crippen molar-refractivity contribution in [2.75, 3.05) is 18.7 Å². The van der Waals surface area contributed by atoms with Crippen LogP contribution >= 0.6 is 15.9 Å². The Hall–Kier alpha value is -4.44. The van der Waals surface area contributed by atoms with Crippen LogP contribution in [-0.4, -0.2) is 42.3 Å². The van der Waals surface area contributed by atoms with Crippen LogP contribution in [0.15, 0.2) is 81.9 Å². The Balaban J connectivity index is 1.49. The van der Waals surface area contributed by atoms with Gasteiger partial charge in [0, 0.05) is 6.54 Å². The van der Waals surface area contributed by atoms with E-state index in [1.165, 1.54) is 24.3 Å². The van der Waals surface area contributed by atoms with Crippen LogP contribution in [-0.2, 0) is 16.1 Å². The highest BCUT2D eigenvalue weighted by atomic mass is 79.9. The zero-order chi connectivity index (χ0) is 27.2. The highest BCUT2D eigenvalue weighted by molar-refractivity contribution is 9.10. The lowest BCUT2D eigenvalue weighted by atomic mass is 10.1. The molecule has 1 heterocycles. The van der Waals surface area contributed by atoms with Crippen molar-refractivity contribution in [3.63, 3.8) is 0 Å². The van der Waals surface area contributed by atoms with E-state index in [2.05, 4.69) is 26.3 Å². The second kappa shape index (κ2) is 11.7. The first-order valence-corrected chi connectivity index (χ1v) is 12.3. The van der Waals surface area contributed by atoms with Crippen LogP contribution in [0.1, 0.15) is 28.4 Å². The standard InChI is InChI=1S/C28H24BrN3O6/c1-17-22(27(34)32(31-17)21-10-6-9-20(14-21)28(35)36)11-19-12-23(29)26(24(13-19)37-2)38-16-25(33)30-15-18-7-4-3-5-8-18/h3-14H,15-16H2,1-2H3,(H,30,33)(H,35,36)/b22-11-. The van der Waals surface area contributed by atoms with Gasteiger partial charge in [-0.25, -0.2) is 4.79 Å². The van der Waals surface area contributed by atoms with Gasteiger partial charge in [-0.2, -0.15) is 10.1 Å². The molecule has 0 saturated heterocycles. The van der Waals surface area contributed by atoms with Crippen molar-refractivity contribution in [1.29, 1.82) is 0 Å². The van der Waals surface area contributed by atoms with Crippen molar-refractivity contribution in [2.45, 2.75) is 13.5 Å². The molecule has 3 aromatic carbocycles. The molecule has 10 heteroatoms. The summed E-state index contributed by atoms with van der Waals surface area (Å²) in [6, 6.07) is 19.0. The van der Waals surface area contributed by atoms with Gasteiger partial charge in [0.2, 0.25) is 0 Å². The van der Waals surface area contributed by atoms with E-state index >= 15 is 0 Å². The van der Waals surface area contributed by atoms with Crippen molar-refractivity contribution in [1.82, 2.24) is 5.32 Å². The lowest BCUT2D eigenvalue weighted by Gasteiger charge is -2.14. The smallest absolute Gasteiger partial charge is 0.335 e. The number of nitrogens with zero attached hydrogens (tertiary/aromatic N) is 2. The zero-order valence-electron chi connectivity index (χ0n) is 20.6. The van der Waals surface area contributed by atoms with Crippen molar-refractivity contribution >= 4 is 51.2 Å². The van der Waals surface area contributed by atoms with Gasteiger partial charge in [-0.15, -0.1) is 0 Å². The lowest BCUT2D eigenvalue weighted by molar-refractivity contribution is -0.123. The van der Waals surface area contributed by atoms with Crippen LogP contribution in [0.3, 0.4) is 0 Å². The van der Waals surface area contributed by atoms with Crippen molar-refractivity contribution in [3.8, 4) is 11.5 Å². The molecular formula is C28H24BrN3O6. The molecule has 0 aliphatic carbocycles. The Morgan fingerprint density at radius 2 is 1.87 bits per heavy atom. The Bertz CT molecular complexity index is 1450. The van der Waals surface area contributed by atoms with E-state index in [0.717, 1.165) is 5.56 Å². The van der Waals surface area contributed by atoms with Gasteiger partial charge in [-0.1, -0.05) is 36.4 Å². The van der Waals surface area contributed by atoms with Gasteiger partial charge in [-0.05, 0) is 70.4 Å². The molecule has 1 aliphatic heterocycles. The normalized spacial score (nSPS) is 13.9. The molecule has 194 valence electrons. The number of methoxy groups -OCH3 is 1. The first kappa shape index (κ1) is 26.6. The molecule has 9 nitrogen and oxygen atoms in total. The number of benzene rings is 3. The number of nitrogens with one attached hydrogen (secondary N) is 1. The van der Waals surface area contributed by atoms with Gasteiger partial charge in [0.05, 0.1) is 34.1 Å². The van der Waals surface area contributed by atoms with Crippen LogP contribution in [0.2, 0.25) is 0 Å². The maximum absolute atomic E-state index is 13.1. The van der Waals surface area contributed by atoms with Gasteiger partial charge in [-0.3, -0.25) is 9.59 Å². The number of anilines is 1. The molecule has 1 aliphatic rings. The highest BCUT2D eigenvalue weighted by Crippen LogP contribution is 2.38. The summed E-state index contributed by atoms with van der Waals surface area (Å²) in [6.45, 7) is 1.87. The second-order valence-electron chi connectivity index (χ2n) is 8.30. The Labute approximate surface area is 227 Å². The van der Waals surface area contributed by atoms with Crippen LogP contribution in [0.25, 0.3) is 6.08 Å². The first-order valence-electron chi connectivity index (χ1n) is 11.5. The molecule has 2 amide bonds. The van der Waals surface area contributed by atoms with Gasteiger partial charge in [0.1, 0.15) is 0 Å². The average Bonchev–Trinajstić information content (AvgIpc) is 3.20. The van der Waals surface area contributed by atoms with E-state index in [1.54, 1.807) is 37.3 Å². The molecule has 3 aromatic rings. The number of ether oxygens (including phenoxy) is 2. The summed E-state index contributed by atoms with van der Waals surface area (Å²) in [5.41, 5.74) is 2.83. The minimum atomic E-state index is -1.09. The molecule has 0 unspecified atom stereocenters. The number of rotatable bonds is 9. The zero-order valence-corrected chi connectivity index (χ0v) is 22.2. The number of carbonyl (C=O) groups excluding carboxylic acids is 2. The Morgan fingerprint density at radius 1 is 1.11 bits per heavy atom. The number of hydrogen-bond donors (Lipinski definition) is 2. The van der Waals surface area contributed by atoms with Crippen molar-refractivity contribution in [2.24, 2.45) is 5.10 Å². The molecule has 2 N–H and O–H groups in total. The molecule has 0 saturated carbocycles. The van der Waals surface area contributed by atoms with E-state index in [0.29, 0.717) is 45.1 Å². The lowest BCUT2D eigenvalue weighted by Crippen LogP contribution is -2.28. The Morgan fingerprint density at radius 3 is 2.58 bits per heavy atom. The second-order valence-corrected chi connectivity index (χ2v) is 9.16. The number of carboxylic acids is 1. The predicted molar refractivity (Wildman–Crippen MR) is 146 cm³/mol. The summed E-state index contributed by atoms with van der Waals surface area (Å²) in [4.78, 5) is 36.7. The molecule has 38 heavy (non-hydrogen) atoms. The fourth-order valence-corrected chi connectivity index (χ4v) is 4.32. The summed E-state index contributed by atoms with van der Waals surface area (Å²) in [5, 5.41) is 17.6. The number of amides is 2. The van der Waals surface area contributed by atoms with E-state index in [-0.39, 0.29) is 18.1 Å². The molecular weight excluding hydrogens is 554 g/mol. The summed E-state index contributed by atoms with van der Waals surface area (Å²) in [7, 11) is 1.48. The van der Waals surface area contributed by atoms with Crippen molar-refractivity contribution < 1.29 is 29.0 Å². The minimum absolute atomic E-state index is 0.0542. The fourth-order valence-electron chi connectivity index (χ4n) is 3.75. The third kappa shape index (κ3) is 6.09. The predicted octanol–water partition coefficient (Wildman–Crippen LogP) is 4.66. The first-order chi connectivity index (χ1) is 18.3. The van der Waals surface area contributed by atoms with Gasteiger partial charge in [0.15, 0.2) is 18.1 Å². The molecule has 0 radical (unpaired) electrons. The van der Waals surface area contributed by atoms with Crippen LogP contribution in [0.4, 0.5) is 5.69 Å². The highest BCUT2D eigenvalue weighted by Gasteiger charge is 2.29. The van der Waals surface area contributed by atoms with Gasteiger partial charge >= 0.3 is 5.97 Å². The number of carboxylic acid groups (broad SMARTS) is 1. The number of hydrazone groups is 1. The molecule has 0 spiro atoms. The minimum Gasteiger partial charge on any atom is -0.493 e. The van der Waals surface area contributed by atoms with Crippen LogP contribution in [0, 0.1) is 0 Å². The topological polar surface area (TPSA) is 118 Å². The third-order valence-electron chi connectivity index (χ3n) is 5.64. The third-order valence-corrected chi connectivity index (χ3v) is 6.23. The summed E-state index contributed by atoms with van der Waals surface area (Å²) in [5.74, 6) is -1.06. The monoisotopic (exact) mass is 577 g/mol. The Kier molecular flexibility index (Phi) is 8.22. The van der Waals surface area contributed by atoms with Gasteiger partial charge < -0.3 is 19.9 Å². The van der Waals surface area contributed by atoms with Crippen molar-refractivity contribution in [3.05, 3.63) is 93.5 Å². The summed E-state index contributed by atoms with van der Waals surface area (Å²) < 4.78 is 11.7. The number of aromatic carboxylic acids is 1. The summed E-state index contributed by atoms with van der Waals surface area (Å²) >= 11 is 3.47. The largest absolute Gasteiger partial charge is 0.493 e. The van der Waals surface area contributed by atoms with Crippen LogP contribution < -0.4 is 19.8 Å². The van der Waals surface area contributed by atoms with Gasteiger partial charge in [0.25, 0.3) is 11.8 Å². The van der Waals surface area contributed by atoms with E-state index in [4.69, 9.17) is 9.47 Å². The molecule has 0 atom stereocenters. The maximum atomic E-state index is 13.1. The number of carbonyl (C=O) groups is 3. The van der Waals surface area contributed by atoms with E-state index in [9.17, 15) is 19.5 Å². The number of hydrogen-bond acceptors (Lipinski definition) is 6. The number of halogens is 1. The summed E-state index contributed by atoms with van der Waals surface area (Å²) in [6.07, 6.45) is 1.66. The molecule has 0 fully saturated rings. The molecule has 4 rings (SSSR count). The van der Waals surface area contributed by atoms with E-state index in [1.807, 2.05) is 30.3 Å². The average molecular weight is 578 g/mol. The molecule has 0 aromatic heterocycles. The fraction of sp³-hybridized carbons (Fsp3) is 0.143. The van der Waals surface area contributed by atoms with Crippen LogP contribution in [0.5, 0.6) is 11.5 Å². The van der Waals surface area contributed by atoms with E-state index < -0.39 is 11.9 Å². The SMILES string of the molecule is COc1cc(/C=C2\C(=O)N(c3cccc(C(=O)O)c3)N=C2C)cc(Br)c1OCC(=O)NCc1ccccc1. The molecule has 0 bridgehead atoms. The quantitative estimate of drug-likeness (QED) is 0.357. The maximum Gasteiger partial charge on any atom is 0.335 e.